The monoisotopic (exact) mass is 639 g/mol. The van der Waals surface area contributed by atoms with E-state index in [0.29, 0.717) is 19.3 Å². The second kappa shape index (κ2) is 32.4. The number of hydrogen-bond acceptors (Lipinski definition) is 6. The predicted molar refractivity (Wildman–Crippen MR) is 187 cm³/mol. The van der Waals surface area contributed by atoms with Gasteiger partial charge < -0.3 is 14.2 Å². The van der Waals surface area contributed by atoms with Gasteiger partial charge >= 0.3 is 17.9 Å². The number of carbonyl (C=O) groups is 3. The third-order valence-corrected chi connectivity index (χ3v) is 8.47. The maximum absolute atomic E-state index is 12.6. The van der Waals surface area contributed by atoms with Gasteiger partial charge in [0.05, 0.1) is 0 Å². The van der Waals surface area contributed by atoms with Crippen LogP contribution < -0.4 is 0 Å². The molecule has 0 radical (unpaired) electrons. The highest BCUT2D eigenvalue weighted by Gasteiger charge is 2.19. The molecule has 0 spiro atoms. The van der Waals surface area contributed by atoms with Gasteiger partial charge in [0.15, 0.2) is 6.10 Å². The molecule has 0 aromatic carbocycles. The molecule has 266 valence electrons. The lowest BCUT2D eigenvalue weighted by Crippen LogP contribution is -2.30. The van der Waals surface area contributed by atoms with Gasteiger partial charge in [-0.1, -0.05) is 163 Å². The van der Waals surface area contributed by atoms with Gasteiger partial charge in [0, 0.05) is 19.3 Å². The zero-order valence-corrected chi connectivity index (χ0v) is 30.5. The molecule has 1 atom stereocenters. The van der Waals surface area contributed by atoms with E-state index < -0.39 is 6.10 Å². The molecule has 0 aromatic heterocycles. The fourth-order valence-electron chi connectivity index (χ4n) is 5.52. The molecule has 0 amide bonds. The molecule has 45 heavy (non-hydrogen) atoms. The third kappa shape index (κ3) is 33.6. The maximum atomic E-state index is 12.6. The summed E-state index contributed by atoms with van der Waals surface area (Å²) in [7, 11) is 0. The molecule has 0 N–H and O–H groups in total. The number of unbranched alkanes of at least 4 members (excludes halogenated alkanes) is 18. The number of rotatable bonds is 33. The standard InChI is InChI=1S/C39H74O6/c1-6-7-8-9-12-19-24-29-37(40)43-32-36(45-39(42)31-26-21-16-11-14-18-23-28-35(4)5)33-44-38(41)30-25-20-15-10-13-17-22-27-34(2)3/h34-36H,6-33H2,1-5H3/t36-/m1/s1. The summed E-state index contributed by atoms with van der Waals surface area (Å²) < 4.78 is 16.5. The lowest BCUT2D eigenvalue weighted by atomic mass is 10.0. The average molecular weight is 639 g/mol. The molecular weight excluding hydrogens is 564 g/mol. The van der Waals surface area contributed by atoms with Crippen molar-refractivity contribution in [1.29, 1.82) is 0 Å². The van der Waals surface area contributed by atoms with E-state index >= 15 is 0 Å². The summed E-state index contributed by atoms with van der Waals surface area (Å²) >= 11 is 0. The Hall–Kier alpha value is -1.59. The summed E-state index contributed by atoms with van der Waals surface area (Å²) in [4.78, 5) is 37.3. The molecular formula is C39H74O6. The molecule has 0 heterocycles. The van der Waals surface area contributed by atoms with Crippen LogP contribution in [0.3, 0.4) is 0 Å². The molecule has 0 aliphatic rings. The van der Waals surface area contributed by atoms with Crippen LogP contribution in [0.15, 0.2) is 0 Å². The molecule has 0 aromatic rings. The molecule has 0 unspecified atom stereocenters. The van der Waals surface area contributed by atoms with E-state index in [4.69, 9.17) is 14.2 Å². The fourth-order valence-corrected chi connectivity index (χ4v) is 5.52. The van der Waals surface area contributed by atoms with Crippen LogP contribution in [0.2, 0.25) is 0 Å². The van der Waals surface area contributed by atoms with Crippen molar-refractivity contribution in [3.05, 3.63) is 0 Å². The lowest BCUT2D eigenvalue weighted by Gasteiger charge is -2.18. The van der Waals surface area contributed by atoms with Gasteiger partial charge in [0.25, 0.3) is 0 Å². The first-order chi connectivity index (χ1) is 21.7. The summed E-state index contributed by atoms with van der Waals surface area (Å²) in [5, 5.41) is 0. The summed E-state index contributed by atoms with van der Waals surface area (Å²) in [6, 6.07) is 0. The van der Waals surface area contributed by atoms with Gasteiger partial charge in [0.2, 0.25) is 0 Å². The van der Waals surface area contributed by atoms with Gasteiger partial charge in [-0.2, -0.15) is 0 Å². The van der Waals surface area contributed by atoms with Crippen molar-refractivity contribution in [1.82, 2.24) is 0 Å². The Morgan fingerprint density at radius 3 is 1.09 bits per heavy atom. The van der Waals surface area contributed by atoms with Crippen LogP contribution in [0.4, 0.5) is 0 Å². The molecule has 6 nitrogen and oxygen atoms in total. The summed E-state index contributed by atoms with van der Waals surface area (Å²) in [6.07, 6.45) is 26.9. The van der Waals surface area contributed by atoms with Crippen molar-refractivity contribution < 1.29 is 28.6 Å². The number of ether oxygens (including phenoxy) is 3. The third-order valence-electron chi connectivity index (χ3n) is 8.47. The zero-order chi connectivity index (χ0) is 33.4. The smallest absolute Gasteiger partial charge is 0.306 e. The first-order valence-corrected chi connectivity index (χ1v) is 19.2. The molecule has 6 heteroatoms. The topological polar surface area (TPSA) is 78.9 Å². The van der Waals surface area contributed by atoms with Crippen LogP contribution in [-0.2, 0) is 28.6 Å². The van der Waals surface area contributed by atoms with Gasteiger partial charge in [0.1, 0.15) is 13.2 Å². The van der Waals surface area contributed by atoms with Crippen molar-refractivity contribution in [2.45, 2.75) is 208 Å². The minimum absolute atomic E-state index is 0.0679. The van der Waals surface area contributed by atoms with Crippen molar-refractivity contribution in [3.63, 3.8) is 0 Å². The van der Waals surface area contributed by atoms with Crippen LogP contribution in [-0.4, -0.2) is 37.2 Å². The minimum Gasteiger partial charge on any atom is -0.462 e. The van der Waals surface area contributed by atoms with Crippen molar-refractivity contribution in [2.75, 3.05) is 13.2 Å². The van der Waals surface area contributed by atoms with Crippen molar-refractivity contribution >= 4 is 17.9 Å². The zero-order valence-electron chi connectivity index (χ0n) is 30.5. The van der Waals surface area contributed by atoms with Gasteiger partial charge in [-0.05, 0) is 31.1 Å². The summed E-state index contributed by atoms with van der Waals surface area (Å²) in [5.41, 5.74) is 0. The van der Waals surface area contributed by atoms with Crippen molar-refractivity contribution in [2.24, 2.45) is 11.8 Å². The van der Waals surface area contributed by atoms with E-state index in [1.807, 2.05) is 0 Å². The quantitative estimate of drug-likeness (QED) is 0.0404. The maximum Gasteiger partial charge on any atom is 0.306 e. The predicted octanol–water partition coefficient (Wildman–Crippen LogP) is 11.5. The Morgan fingerprint density at radius 1 is 0.422 bits per heavy atom. The largest absolute Gasteiger partial charge is 0.462 e. The van der Waals surface area contributed by atoms with Crippen LogP contribution in [0, 0.1) is 11.8 Å². The van der Waals surface area contributed by atoms with Crippen molar-refractivity contribution in [3.8, 4) is 0 Å². The molecule has 0 saturated heterocycles. The number of hydrogen-bond donors (Lipinski definition) is 0. The van der Waals surface area contributed by atoms with E-state index in [-0.39, 0.29) is 31.1 Å². The van der Waals surface area contributed by atoms with Crippen LogP contribution in [0.5, 0.6) is 0 Å². The average Bonchev–Trinajstić information content (AvgIpc) is 2.99. The molecule has 0 bridgehead atoms. The second-order valence-corrected chi connectivity index (χ2v) is 14.2. The molecule has 0 saturated carbocycles. The van der Waals surface area contributed by atoms with Gasteiger partial charge in [-0.3, -0.25) is 14.4 Å². The Balaban J connectivity index is 4.35. The van der Waals surface area contributed by atoms with Crippen LogP contribution >= 0.6 is 0 Å². The molecule has 0 fully saturated rings. The van der Waals surface area contributed by atoms with Gasteiger partial charge in [-0.25, -0.2) is 0 Å². The number of esters is 3. The minimum atomic E-state index is -0.758. The molecule has 0 rings (SSSR count). The second-order valence-electron chi connectivity index (χ2n) is 14.2. The van der Waals surface area contributed by atoms with Crippen LogP contribution in [0.25, 0.3) is 0 Å². The lowest BCUT2D eigenvalue weighted by molar-refractivity contribution is -0.167. The van der Waals surface area contributed by atoms with Gasteiger partial charge in [-0.15, -0.1) is 0 Å². The van der Waals surface area contributed by atoms with E-state index in [2.05, 4.69) is 34.6 Å². The Kier molecular flexibility index (Phi) is 31.2. The first-order valence-electron chi connectivity index (χ1n) is 19.2. The van der Waals surface area contributed by atoms with Crippen LogP contribution in [0.1, 0.15) is 202 Å². The molecule has 0 aliphatic carbocycles. The Morgan fingerprint density at radius 2 is 0.733 bits per heavy atom. The fraction of sp³-hybridized carbons (Fsp3) is 0.923. The normalized spacial score (nSPS) is 12.1. The molecule has 0 aliphatic heterocycles. The van der Waals surface area contributed by atoms with E-state index in [1.165, 1.54) is 89.9 Å². The summed E-state index contributed by atoms with van der Waals surface area (Å²) in [6.45, 7) is 11.2. The highest BCUT2D eigenvalue weighted by molar-refractivity contribution is 5.71. The number of carbonyl (C=O) groups excluding carboxylic acids is 3. The Labute approximate surface area is 278 Å². The summed E-state index contributed by atoms with van der Waals surface area (Å²) in [5.74, 6) is 0.680. The van der Waals surface area contributed by atoms with E-state index in [1.54, 1.807) is 0 Å². The highest BCUT2D eigenvalue weighted by Crippen LogP contribution is 2.15. The SMILES string of the molecule is CCCCCCCCCC(=O)OC[C@H](COC(=O)CCCCCCCCCC(C)C)OC(=O)CCCCCCCCCC(C)C. The van der Waals surface area contributed by atoms with E-state index in [0.717, 1.165) is 69.6 Å². The first kappa shape index (κ1) is 43.4. The van der Waals surface area contributed by atoms with E-state index in [9.17, 15) is 14.4 Å². The highest BCUT2D eigenvalue weighted by atomic mass is 16.6. The Bertz CT molecular complexity index is 689.